The van der Waals surface area contributed by atoms with Gasteiger partial charge in [-0.05, 0) is 37.2 Å². The van der Waals surface area contributed by atoms with E-state index in [9.17, 15) is 4.79 Å². The summed E-state index contributed by atoms with van der Waals surface area (Å²) in [5, 5.41) is 3.92. The number of ether oxygens (including phenoxy) is 2. The summed E-state index contributed by atoms with van der Waals surface area (Å²) >= 11 is 1.19. The Balaban J connectivity index is 1.97. The molecule has 1 aromatic heterocycles. The van der Waals surface area contributed by atoms with Crippen molar-refractivity contribution in [1.82, 2.24) is 4.37 Å². The van der Waals surface area contributed by atoms with Gasteiger partial charge in [0, 0.05) is 13.2 Å². The Morgan fingerprint density at radius 1 is 1.68 bits per heavy atom. The highest BCUT2D eigenvalue weighted by Crippen LogP contribution is 2.28. The van der Waals surface area contributed by atoms with Crippen LogP contribution in [0.4, 0.5) is 10.8 Å². The van der Waals surface area contributed by atoms with Crippen molar-refractivity contribution in [2.45, 2.75) is 19.8 Å². The number of carbonyl (C=O) groups excluding carboxylic acids is 1. The van der Waals surface area contributed by atoms with E-state index in [1.54, 1.807) is 6.92 Å². The van der Waals surface area contributed by atoms with Gasteiger partial charge in [0.1, 0.15) is 10.6 Å². The Labute approximate surface area is 116 Å². The van der Waals surface area contributed by atoms with Crippen LogP contribution in [0.15, 0.2) is 0 Å². The lowest BCUT2D eigenvalue weighted by atomic mass is 10.0. The molecule has 1 fully saturated rings. The number of nitrogen functional groups attached to an aromatic ring is 1. The van der Waals surface area contributed by atoms with E-state index < -0.39 is 5.97 Å². The molecule has 0 spiro atoms. The predicted octanol–water partition coefficient (Wildman–Crippen LogP) is 1.74. The van der Waals surface area contributed by atoms with E-state index >= 15 is 0 Å². The number of nitrogens with two attached hydrogens (primary N) is 1. The average molecular weight is 285 g/mol. The third-order valence-corrected chi connectivity index (χ3v) is 3.82. The lowest BCUT2D eigenvalue weighted by Gasteiger charge is -2.22. The van der Waals surface area contributed by atoms with Gasteiger partial charge in [-0.1, -0.05) is 0 Å². The standard InChI is InChI=1S/C12H19N3O3S/c1-2-18-12(16)9-10(13)15-19-11(9)14-6-8-4-3-5-17-7-8/h8,14H,2-7H2,1H3,(H2,13,15). The van der Waals surface area contributed by atoms with Gasteiger partial charge in [-0.2, -0.15) is 4.37 Å². The van der Waals surface area contributed by atoms with Gasteiger partial charge < -0.3 is 20.5 Å². The van der Waals surface area contributed by atoms with Crippen LogP contribution in [-0.2, 0) is 9.47 Å². The molecule has 0 bridgehead atoms. The molecule has 1 aliphatic heterocycles. The highest BCUT2D eigenvalue weighted by atomic mass is 32.1. The lowest BCUT2D eigenvalue weighted by molar-refractivity contribution is 0.0528. The Hall–Kier alpha value is -1.34. The molecule has 1 unspecified atom stereocenters. The maximum atomic E-state index is 11.8. The first kappa shape index (κ1) is 14.1. The fourth-order valence-electron chi connectivity index (χ4n) is 2.03. The predicted molar refractivity (Wildman–Crippen MR) is 74.5 cm³/mol. The highest BCUT2D eigenvalue weighted by Gasteiger charge is 2.21. The first-order chi connectivity index (χ1) is 9.22. The molecule has 0 aliphatic carbocycles. The van der Waals surface area contributed by atoms with Gasteiger partial charge in [-0.25, -0.2) is 4.79 Å². The summed E-state index contributed by atoms with van der Waals surface area (Å²) in [4.78, 5) is 11.8. The molecule has 0 radical (unpaired) electrons. The molecule has 0 amide bonds. The summed E-state index contributed by atoms with van der Waals surface area (Å²) in [6.45, 7) is 4.45. The molecule has 1 saturated heterocycles. The van der Waals surface area contributed by atoms with Crippen LogP contribution in [0.1, 0.15) is 30.1 Å². The van der Waals surface area contributed by atoms with Crippen molar-refractivity contribution in [2.75, 3.05) is 37.4 Å². The molecule has 1 atom stereocenters. The van der Waals surface area contributed by atoms with Crippen molar-refractivity contribution < 1.29 is 14.3 Å². The van der Waals surface area contributed by atoms with Crippen LogP contribution in [0, 0.1) is 5.92 Å². The Bertz CT molecular complexity index is 430. The van der Waals surface area contributed by atoms with Crippen LogP contribution in [0.3, 0.4) is 0 Å². The van der Waals surface area contributed by atoms with E-state index in [1.165, 1.54) is 11.5 Å². The number of rotatable bonds is 5. The second-order valence-electron chi connectivity index (χ2n) is 4.46. The Morgan fingerprint density at radius 2 is 2.53 bits per heavy atom. The highest BCUT2D eigenvalue weighted by molar-refractivity contribution is 7.11. The minimum atomic E-state index is -0.420. The number of nitrogens with one attached hydrogen (secondary N) is 1. The molecule has 106 valence electrons. The minimum absolute atomic E-state index is 0.228. The Morgan fingerprint density at radius 3 is 3.21 bits per heavy atom. The normalized spacial score (nSPS) is 19.1. The lowest BCUT2D eigenvalue weighted by Crippen LogP contribution is -2.24. The van der Waals surface area contributed by atoms with Crippen LogP contribution in [0.2, 0.25) is 0 Å². The zero-order valence-corrected chi connectivity index (χ0v) is 11.8. The molecule has 0 aromatic carbocycles. The molecule has 0 saturated carbocycles. The van der Waals surface area contributed by atoms with Crippen LogP contribution < -0.4 is 11.1 Å². The first-order valence-corrected chi connectivity index (χ1v) is 7.23. The first-order valence-electron chi connectivity index (χ1n) is 6.46. The molecule has 2 heterocycles. The molecule has 6 nitrogen and oxygen atoms in total. The molecule has 7 heteroatoms. The fourth-order valence-corrected chi connectivity index (χ4v) is 2.74. The monoisotopic (exact) mass is 285 g/mol. The van der Waals surface area contributed by atoms with Crippen molar-refractivity contribution in [3.63, 3.8) is 0 Å². The van der Waals surface area contributed by atoms with E-state index in [0.717, 1.165) is 32.6 Å². The van der Waals surface area contributed by atoms with Gasteiger partial charge in [0.2, 0.25) is 0 Å². The molecular weight excluding hydrogens is 266 g/mol. The van der Waals surface area contributed by atoms with Crippen molar-refractivity contribution in [3.8, 4) is 0 Å². The Kier molecular flexibility index (Phi) is 4.98. The van der Waals surface area contributed by atoms with Crippen LogP contribution in [0.25, 0.3) is 0 Å². The summed E-state index contributed by atoms with van der Waals surface area (Å²) in [6.07, 6.45) is 2.22. The third-order valence-electron chi connectivity index (χ3n) is 3.00. The number of esters is 1. The second-order valence-corrected chi connectivity index (χ2v) is 5.23. The molecule has 1 aliphatic rings. The van der Waals surface area contributed by atoms with Crippen LogP contribution in [0.5, 0.6) is 0 Å². The maximum Gasteiger partial charge on any atom is 0.344 e. The smallest absolute Gasteiger partial charge is 0.344 e. The fraction of sp³-hybridized carbons (Fsp3) is 0.667. The molecular formula is C12H19N3O3S. The van der Waals surface area contributed by atoms with E-state index in [0.29, 0.717) is 23.1 Å². The van der Waals surface area contributed by atoms with Gasteiger partial charge in [-0.3, -0.25) is 0 Å². The topological polar surface area (TPSA) is 86.5 Å². The van der Waals surface area contributed by atoms with E-state index in [2.05, 4.69) is 9.69 Å². The number of nitrogens with zero attached hydrogens (tertiary/aromatic N) is 1. The van der Waals surface area contributed by atoms with Gasteiger partial charge in [-0.15, -0.1) is 0 Å². The van der Waals surface area contributed by atoms with Gasteiger partial charge in [0.25, 0.3) is 0 Å². The van der Waals surface area contributed by atoms with E-state index in [-0.39, 0.29) is 5.82 Å². The quantitative estimate of drug-likeness (QED) is 0.801. The van der Waals surface area contributed by atoms with E-state index in [4.69, 9.17) is 15.2 Å². The van der Waals surface area contributed by atoms with Gasteiger partial charge >= 0.3 is 5.97 Å². The summed E-state index contributed by atoms with van der Waals surface area (Å²) < 4.78 is 14.4. The van der Waals surface area contributed by atoms with Crippen LogP contribution in [-0.4, -0.2) is 36.7 Å². The van der Waals surface area contributed by atoms with Crippen molar-refractivity contribution in [1.29, 1.82) is 0 Å². The average Bonchev–Trinajstić information content (AvgIpc) is 2.79. The zero-order valence-electron chi connectivity index (χ0n) is 11.0. The third kappa shape index (κ3) is 3.57. The second kappa shape index (κ2) is 6.72. The zero-order chi connectivity index (χ0) is 13.7. The summed E-state index contributed by atoms with van der Waals surface area (Å²) in [5.41, 5.74) is 6.07. The number of anilines is 2. The van der Waals surface area contributed by atoms with E-state index in [1.807, 2.05) is 0 Å². The summed E-state index contributed by atoms with van der Waals surface area (Å²) in [6, 6.07) is 0. The minimum Gasteiger partial charge on any atom is -0.462 e. The van der Waals surface area contributed by atoms with Gasteiger partial charge in [0.15, 0.2) is 5.82 Å². The molecule has 3 N–H and O–H groups in total. The van der Waals surface area contributed by atoms with Crippen molar-refractivity contribution >= 4 is 28.3 Å². The summed E-state index contributed by atoms with van der Waals surface area (Å²) in [5.74, 6) is 0.272. The summed E-state index contributed by atoms with van der Waals surface area (Å²) in [7, 11) is 0. The molecule has 19 heavy (non-hydrogen) atoms. The van der Waals surface area contributed by atoms with Gasteiger partial charge in [0.05, 0.1) is 13.2 Å². The molecule has 1 aromatic rings. The molecule has 2 rings (SSSR count). The van der Waals surface area contributed by atoms with Crippen molar-refractivity contribution in [3.05, 3.63) is 5.56 Å². The largest absolute Gasteiger partial charge is 0.462 e. The number of aromatic nitrogens is 1. The maximum absolute atomic E-state index is 11.8. The van der Waals surface area contributed by atoms with Crippen molar-refractivity contribution in [2.24, 2.45) is 5.92 Å². The number of hydrogen-bond donors (Lipinski definition) is 2. The van der Waals surface area contributed by atoms with Crippen LogP contribution >= 0.6 is 11.5 Å². The SMILES string of the molecule is CCOC(=O)c1c(N)nsc1NCC1CCCOC1. The number of carbonyl (C=O) groups is 1. The number of hydrogen-bond acceptors (Lipinski definition) is 7.